The highest BCUT2D eigenvalue weighted by Crippen LogP contribution is 2.18. The van der Waals surface area contributed by atoms with Crippen molar-refractivity contribution in [2.24, 2.45) is 0 Å². The van der Waals surface area contributed by atoms with Crippen LogP contribution in [-0.2, 0) is 11.3 Å². The summed E-state index contributed by atoms with van der Waals surface area (Å²) in [6, 6.07) is 9.95. The average molecular weight is 396 g/mol. The van der Waals surface area contributed by atoms with Gasteiger partial charge >= 0.3 is 0 Å². The van der Waals surface area contributed by atoms with E-state index in [1.807, 2.05) is 17.7 Å². The Morgan fingerprint density at radius 2 is 1.96 bits per heavy atom. The number of nitrogens with one attached hydrogen (secondary N) is 2. The third kappa shape index (κ3) is 4.83. The van der Waals surface area contributed by atoms with Crippen LogP contribution < -0.4 is 10.6 Å². The number of amides is 2. The van der Waals surface area contributed by atoms with Crippen LogP contribution in [0.3, 0.4) is 0 Å². The van der Waals surface area contributed by atoms with Crippen molar-refractivity contribution < 1.29 is 9.59 Å². The fraction of sp³-hybridized carbons (Fsp3) is 0.100. The van der Waals surface area contributed by atoms with Crippen LogP contribution in [0.15, 0.2) is 61.1 Å². The van der Waals surface area contributed by atoms with Crippen molar-refractivity contribution in [3.05, 3.63) is 77.5 Å². The number of aromatic nitrogens is 3. The van der Waals surface area contributed by atoms with E-state index in [1.54, 1.807) is 48.7 Å². The van der Waals surface area contributed by atoms with Crippen LogP contribution >= 0.6 is 11.6 Å². The Hall–Kier alpha value is -3.45. The third-order valence-corrected chi connectivity index (χ3v) is 4.09. The molecule has 2 heterocycles. The zero-order chi connectivity index (χ0) is 19.9. The predicted octanol–water partition coefficient (Wildman–Crippen LogP) is 3.86. The first-order valence-corrected chi connectivity index (χ1v) is 8.96. The van der Waals surface area contributed by atoms with E-state index in [4.69, 9.17) is 11.6 Å². The molecule has 7 nitrogen and oxygen atoms in total. The van der Waals surface area contributed by atoms with E-state index in [-0.39, 0.29) is 5.91 Å². The van der Waals surface area contributed by atoms with E-state index in [0.717, 1.165) is 6.54 Å². The van der Waals surface area contributed by atoms with Gasteiger partial charge < -0.3 is 15.2 Å². The van der Waals surface area contributed by atoms with Gasteiger partial charge in [0, 0.05) is 31.2 Å². The molecule has 28 heavy (non-hydrogen) atoms. The molecular formula is C20H18ClN5O2. The number of aryl methyl sites for hydroxylation is 1. The predicted molar refractivity (Wildman–Crippen MR) is 109 cm³/mol. The molecule has 142 valence electrons. The molecule has 0 unspecified atom stereocenters. The largest absolute Gasteiger partial charge is 0.332 e. The molecule has 0 aliphatic heterocycles. The smallest absolute Gasteiger partial charge is 0.258 e. The lowest BCUT2D eigenvalue weighted by Crippen LogP contribution is -2.17. The number of halogens is 1. The second-order valence-electron chi connectivity index (χ2n) is 5.76. The highest BCUT2D eigenvalue weighted by Gasteiger charge is 2.13. The molecule has 0 bridgehead atoms. The Labute approximate surface area is 167 Å². The molecule has 3 rings (SSSR count). The minimum atomic E-state index is -0.392. The molecule has 2 N–H and O–H groups in total. The van der Waals surface area contributed by atoms with E-state index in [2.05, 4.69) is 20.6 Å². The fourth-order valence-corrected chi connectivity index (χ4v) is 2.61. The number of carbonyl (C=O) groups is 2. The van der Waals surface area contributed by atoms with Crippen molar-refractivity contribution in [1.29, 1.82) is 0 Å². The highest BCUT2D eigenvalue weighted by atomic mass is 35.5. The maximum Gasteiger partial charge on any atom is 0.258 e. The summed E-state index contributed by atoms with van der Waals surface area (Å²) in [7, 11) is 0. The summed E-state index contributed by atoms with van der Waals surface area (Å²) in [6.07, 6.45) is 7.95. The molecule has 0 fully saturated rings. The molecule has 0 saturated carbocycles. The summed E-state index contributed by atoms with van der Waals surface area (Å²) in [4.78, 5) is 33.1. The first-order chi connectivity index (χ1) is 13.6. The van der Waals surface area contributed by atoms with E-state index in [1.165, 1.54) is 12.3 Å². The molecule has 0 saturated heterocycles. The number of nitrogens with zero attached hydrogens (tertiary/aromatic N) is 3. The van der Waals surface area contributed by atoms with Crippen molar-refractivity contribution in [2.75, 3.05) is 10.6 Å². The Balaban J connectivity index is 1.71. The number of imidazole rings is 1. The lowest BCUT2D eigenvalue weighted by Gasteiger charge is -2.10. The summed E-state index contributed by atoms with van der Waals surface area (Å²) in [5.74, 6) is 0.283. The number of benzene rings is 1. The summed E-state index contributed by atoms with van der Waals surface area (Å²) >= 11 is 5.80. The number of hydrogen-bond acceptors (Lipinski definition) is 4. The molecule has 2 aromatic heterocycles. The van der Waals surface area contributed by atoms with Crippen molar-refractivity contribution in [1.82, 2.24) is 14.5 Å². The van der Waals surface area contributed by atoms with Crippen LogP contribution in [0.2, 0.25) is 5.02 Å². The molecular weight excluding hydrogens is 378 g/mol. The summed E-state index contributed by atoms with van der Waals surface area (Å²) < 4.78 is 1.91. The van der Waals surface area contributed by atoms with Gasteiger partial charge in [-0.25, -0.2) is 9.97 Å². The number of anilines is 2. The first kappa shape index (κ1) is 19.3. The van der Waals surface area contributed by atoms with Gasteiger partial charge in [0.2, 0.25) is 5.91 Å². The maximum absolute atomic E-state index is 12.6. The van der Waals surface area contributed by atoms with Crippen LogP contribution in [0, 0.1) is 0 Å². The van der Waals surface area contributed by atoms with Crippen LogP contribution in [0.1, 0.15) is 23.1 Å². The van der Waals surface area contributed by atoms with Gasteiger partial charge in [-0.2, -0.15) is 0 Å². The molecule has 1 aromatic carbocycles. The van der Waals surface area contributed by atoms with Gasteiger partial charge in [-0.15, -0.1) is 0 Å². The topological polar surface area (TPSA) is 88.9 Å². The number of para-hydroxylation sites is 1. The van der Waals surface area contributed by atoms with Crippen LogP contribution in [0.25, 0.3) is 6.08 Å². The molecule has 0 aliphatic carbocycles. The minimum Gasteiger partial charge on any atom is -0.332 e. The normalized spacial score (nSPS) is 10.8. The summed E-state index contributed by atoms with van der Waals surface area (Å²) in [5, 5.41) is 5.87. The van der Waals surface area contributed by atoms with E-state index in [0.29, 0.717) is 27.9 Å². The third-order valence-electron chi connectivity index (χ3n) is 3.87. The van der Waals surface area contributed by atoms with E-state index >= 15 is 0 Å². The summed E-state index contributed by atoms with van der Waals surface area (Å²) in [5.41, 5.74) is 0.707. The zero-order valence-corrected chi connectivity index (χ0v) is 15.8. The molecule has 0 atom stereocenters. The van der Waals surface area contributed by atoms with Gasteiger partial charge in [0.15, 0.2) is 0 Å². The fourth-order valence-electron chi connectivity index (χ4n) is 2.50. The average Bonchev–Trinajstić information content (AvgIpc) is 3.16. The molecule has 0 radical (unpaired) electrons. The lowest BCUT2D eigenvalue weighted by atomic mass is 10.1. The summed E-state index contributed by atoms with van der Waals surface area (Å²) in [6.45, 7) is 2.74. The van der Waals surface area contributed by atoms with Gasteiger partial charge in [0.25, 0.3) is 5.91 Å². The van der Waals surface area contributed by atoms with Crippen molar-refractivity contribution in [3.8, 4) is 0 Å². The van der Waals surface area contributed by atoms with Crippen LogP contribution in [0.4, 0.5) is 11.5 Å². The van der Waals surface area contributed by atoms with Gasteiger partial charge in [0.1, 0.15) is 11.6 Å². The second kappa shape index (κ2) is 8.96. The molecule has 0 aliphatic rings. The number of hydrogen-bond donors (Lipinski definition) is 2. The van der Waals surface area contributed by atoms with Crippen LogP contribution in [0.5, 0.6) is 0 Å². The van der Waals surface area contributed by atoms with Crippen LogP contribution in [-0.4, -0.2) is 26.3 Å². The maximum atomic E-state index is 12.6. The van der Waals surface area contributed by atoms with Gasteiger partial charge in [0.05, 0.1) is 16.3 Å². The minimum absolute atomic E-state index is 0.316. The quantitative estimate of drug-likeness (QED) is 0.620. The van der Waals surface area contributed by atoms with Gasteiger partial charge in [-0.3, -0.25) is 9.59 Å². The molecule has 8 heteroatoms. The molecule has 3 aromatic rings. The van der Waals surface area contributed by atoms with Crippen molar-refractivity contribution in [3.63, 3.8) is 0 Å². The molecule has 2 amide bonds. The Morgan fingerprint density at radius 1 is 1.14 bits per heavy atom. The zero-order valence-electron chi connectivity index (χ0n) is 15.1. The number of pyridine rings is 1. The van der Waals surface area contributed by atoms with E-state index in [9.17, 15) is 9.59 Å². The van der Waals surface area contributed by atoms with Gasteiger partial charge in [-0.1, -0.05) is 23.7 Å². The monoisotopic (exact) mass is 395 g/mol. The Bertz CT molecular complexity index is 1010. The Morgan fingerprint density at radius 3 is 2.71 bits per heavy atom. The highest BCUT2D eigenvalue weighted by molar-refractivity contribution is 6.30. The molecule has 0 spiro atoms. The van der Waals surface area contributed by atoms with Crippen molar-refractivity contribution in [2.45, 2.75) is 13.5 Å². The second-order valence-corrected chi connectivity index (χ2v) is 6.19. The standard InChI is InChI=1S/C20H18ClN5O2/c1-2-26-12-11-22-18(26)9-10-19(27)24-16-6-4-3-5-15(16)20(28)25-17-8-7-14(21)13-23-17/h3-13H,2H2,1H3,(H,24,27)(H,23,25,28)/b10-9+. The van der Waals surface area contributed by atoms with Crippen molar-refractivity contribution >= 4 is 41.0 Å². The first-order valence-electron chi connectivity index (χ1n) is 8.59. The van der Waals surface area contributed by atoms with E-state index < -0.39 is 5.91 Å². The number of rotatable bonds is 6. The SMILES string of the molecule is CCn1ccnc1/C=C/C(=O)Nc1ccccc1C(=O)Nc1ccc(Cl)cn1. The number of carbonyl (C=O) groups excluding carboxylic acids is 2. The Kier molecular flexibility index (Phi) is 6.18. The van der Waals surface area contributed by atoms with Gasteiger partial charge in [-0.05, 0) is 37.3 Å². The lowest BCUT2D eigenvalue weighted by molar-refractivity contribution is -0.111.